The number of nitrogens with one attached hydrogen (secondary N) is 2. The number of aliphatic hydroxyl groups is 1. The summed E-state index contributed by atoms with van der Waals surface area (Å²) in [6, 6.07) is 4.98. The molecule has 31 heavy (non-hydrogen) atoms. The first-order valence-corrected chi connectivity index (χ1v) is 11.4. The molecule has 166 valence electrons. The van der Waals surface area contributed by atoms with E-state index in [1.54, 1.807) is 12.1 Å². The molecule has 1 heterocycles. The Balaban J connectivity index is 1.65. The van der Waals surface area contributed by atoms with Gasteiger partial charge in [-0.05, 0) is 48.4 Å². The van der Waals surface area contributed by atoms with E-state index in [-0.39, 0.29) is 35.5 Å². The van der Waals surface area contributed by atoms with E-state index in [1.165, 1.54) is 24.7 Å². The Morgan fingerprint density at radius 1 is 1.26 bits per heavy atom. The normalized spacial score (nSPS) is 24.0. The molecule has 0 aromatic heterocycles. The van der Waals surface area contributed by atoms with Crippen molar-refractivity contribution in [3.63, 3.8) is 0 Å². The Kier molecular flexibility index (Phi) is 6.92. The molecule has 3 atom stereocenters. The van der Waals surface area contributed by atoms with Crippen LogP contribution in [0.3, 0.4) is 0 Å². The largest absolute Gasteiger partial charge is 0.396 e. The van der Waals surface area contributed by atoms with Crippen LogP contribution in [0.1, 0.15) is 22.3 Å². The minimum absolute atomic E-state index is 0.144. The first-order valence-electron chi connectivity index (χ1n) is 9.49. The Labute approximate surface area is 181 Å². The summed E-state index contributed by atoms with van der Waals surface area (Å²) in [7, 11) is -1.59. The van der Waals surface area contributed by atoms with Crippen LogP contribution < -0.4 is 10.8 Å². The molecule has 2 amide bonds. The van der Waals surface area contributed by atoms with Gasteiger partial charge in [0.25, 0.3) is 11.8 Å². The van der Waals surface area contributed by atoms with Crippen LogP contribution in [0.25, 0.3) is 0 Å². The van der Waals surface area contributed by atoms with Gasteiger partial charge < -0.3 is 15.2 Å². The number of hydrogen-bond acceptors (Lipinski definition) is 7. The van der Waals surface area contributed by atoms with Crippen molar-refractivity contribution in [2.24, 2.45) is 11.8 Å². The molecule has 2 fully saturated rings. The lowest BCUT2D eigenvalue weighted by molar-refractivity contribution is -0.138. The molecule has 0 bridgehead atoms. The Bertz CT molecular complexity index is 963. The summed E-state index contributed by atoms with van der Waals surface area (Å²) in [5.41, 5.74) is 1.04. The molecule has 3 rings (SSSR count). The molecule has 1 aliphatic heterocycles. The molecule has 10 heteroatoms. The summed E-state index contributed by atoms with van der Waals surface area (Å²) in [6.45, 7) is 0.144. The fourth-order valence-corrected chi connectivity index (χ4v) is 5.47. The molecule has 1 saturated heterocycles. The highest BCUT2D eigenvalue weighted by atomic mass is 32.3. The number of methoxy groups -OCH3 is 1. The first kappa shape index (κ1) is 23.1. The molecule has 1 aromatic rings. The van der Waals surface area contributed by atoms with Gasteiger partial charge in [-0.25, -0.2) is 5.48 Å². The van der Waals surface area contributed by atoms with E-state index >= 15 is 0 Å². The second kappa shape index (κ2) is 9.28. The number of hydroxylamine groups is 1. The zero-order valence-electron chi connectivity index (χ0n) is 16.8. The topological polar surface area (TPSA) is 148 Å². The zero-order chi connectivity index (χ0) is 22.6. The molecule has 1 saturated carbocycles. The second-order valence-electron chi connectivity index (χ2n) is 7.62. The van der Waals surface area contributed by atoms with E-state index in [0.29, 0.717) is 5.56 Å². The molecule has 0 radical (unpaired) electrons. The highest BCUT2D eigenvalue weighted by Gasteiger charge is 2.57. The molecule has 1 aromatic carbocycles. The number of rotatable bonds is 6. The molecule has 2 aliphatic rings. The van der Waals surface area contributed by atoms with Crippen LogP contribution in [0.2, 0.25) is 0 Å². The van der Waals surface area contributed by atoms with Crippen LogP contribution in [0.4, 0.5) is 0 Å². The predicted molar refractivity (Wildman–Crippen MR) is 113 cm³/mol. The van der Waals surface area contributed by atoms with E-state index < -0.39 is 34.0 Å². The van der Waals surface area contributed by atoms with Gasteiger partial charge in [0, 0.05) is 30.8 Å². The third-order valence-corrected chi connectivity index (χ3v) is 7.26. The monoisotopic (exact) mass is 448 g/mol. The molecule has 1 unspecified atom stereocenters. The molecular weight excluding hydrogens is 424 g/mol. The molecular formula is C21H24N2O7S. The number of carbonyl (C=O) groups excluding carboxylic acids is 2. The summed E-state index contributed by atoms with van der Waals surface area (Å²) in [5.74, 6) is 9.83. The van der Waals surface area contributed by atoms with Crippen molar-refractivity contribution in [1.82, 2.24) is 10.8 Å². The maximum absolute atomic E-state index is 12.6. The van der Waals surface area contributed by atoms with Crippen LogP contribution in [0, 0.1) is 35.5 Å². The number of aliphatic hydroxyl groups excluding tert-OH is 1. The van der Waals surface area contributed by atoms with Crippen LogP contribution in [-0.2, 0) is 9.53 Å². The maximum atomic E-state index is 12.6. The smallest absolute Gasteiger partial charge is 0.269 e. The molecule has 0 spiro atoms. The summed E-state index contributed by atoms with van der Waals surface area (Å²) < 4.78 is 24.8. The number of ether oxygens (including phenoxy) is 1. The average Bonchev–Trinajstić information content (AvgIpc) is 3.51. The molecule has 6 N–H and O–H groups in total. The van der Waals surface area contributed by atoms with E-state index in [1.807, 2.05) is 0 Å². The standard InChI is InChI=1S/C21H24N2O7S/c1-30-21(12-31(28,29)13-21)18(20(26)23-27)22-19(25)15-8-6-14(7-9-15)4-2-3-5-16-10-17(16)11-24/h6-9,16-18,24,27-29H,10-13H2,1H3,(H,22,25)(H,23,26)/t16-,17+,18?/m1/s1. The summed E-state index contributed by atoms with van der Waals surface area (Å²) in [4.78, 5) is 24.8. The molecule has 9 nitrogen and oxygen atoms in total. The minimum atomic E-state index is -2.89. The van der Waals surface area contributed by atoms with Crippen molar-refractivity contribution in [3.8, 4) is 23.7 Å². The minimum Gasteiger partial charge on any atom is -0.396 e. The van der Waals surface area contributed by atoms with Crippen molar-refractivity contribution >= 4 is 22.4 Å². The SMILES string of the molecule is COC1(C(NC(=O)c2ccc(C#CC#C[C@@H]3C[C@H]3CO)cc2)C(=O)NO)CS(O)(O)C1. The van der Waals surface area contributed by atoms with Crippen molar-refractivity contribution in [2.75, 3.05) is 25.2 Å². The fourth-order valence-electron chi connectivity index (χ4n) is 3.42. The van der Waals surface area contributed by atoms with E-state index in [0.717, 1.165) is 6.42 Å². The Morgan fingerprint density at radius 3 is 2.45 bits per heavy atom. The lowest BCUT2D eigenvalue weighted by Crippen LogP contribution is -2.69. The lowest BCUT2D eigenvalue weighted by Gasteiger charge is -2.56. The first-order chi connectivity index (χ1) is 14.7. The Morgan fingerprint density at radius 2 is 1.94 bits per heavy atom. The van der Waals surface area contributed by atoms with Crippen LogP contribution >= 0.6 is 10.6 Å². The summed E-state index contributed by atoms with van der Waals surface area (Å²) in [5, 5.41) is 20.5. The van der Waals surface area contributed by atoms with Gasteiger partial charge in [0.2, 0.25) is 0 Å². The van der Waals surface area contributed by atoms with Gasteiger partial charge in [0.15, 0.2) is 0 Å². The predicted octanol–water partition coefficient (Wildman–Crippen LogP) is 0.423. The average molecular weight is 448 g/mol. The van der Waals surface area contributed by atoms with Crippen molar-refractivity contribution in [3.05, 3.63) is 35.4 Å². The van der Waals surface area contributed by atoms with Gasteiger partial charge in [0.05, 0.1) is 11.5 Å². The van der Waals surface area contributed by atoms with E-state index in [4.69, 9.17) is 15.1 Å². The summed E-state index contributed by atoms with van der Waals surface area (Å²) in [6.07, 6.45) is 0.896. The fraction of sp³-hybridized carbons (Fsp3) is 0.429. The van der Waals surface area contributed by atoms with Crippen molar-refractivity contribution < 1.29 is 33.7 Å². The highest BCUT2D eigenvalue weighted by molar-refractivity contribution is 8.25. The van der Waals surface area contributed by atoms with Gasteiger partial charge in [-0.1, -0.05) is 11.8 Å². The van der Waals surface area contributed by atoms with Gasteiger partial charge in [-0.2, -0.15) is 10.6 Å². The van der Waals surface area contributed by atoms with Gasteiger partial charge in [-0.15, -0.1) is 0 Å². The second-order valence-corrected chi connectivity index (χ2v) is 9.81. The third-order valence-electron chi connectivity index (χ3n) is 5.36. The zero-order valence-corrected chi connectivity index (χ0v) is 17.6. The van der Waals surface area contributed by atoms with E-state index in [2.05, 4.69) is 29.0 Å². The van der Waals surface area contributed by atoms with Gasteiger partial charge >= 0.3 is 0 Å². The van der Waals surface area contributed by atoms with E-state index in [9.17, 15) is 18.7 Å². The quantitative estimate of drug-likeness (QED) is 0.210. The van der Waals surface area contributed by atoms with Crippen LogP contribution in [-0.4, -0.2) is 68.1 Å². The van der Waals surface area contributed by atoms with Crippen molar-refractivity contribution in [2.45, 2.75) is 18.1 Å². The summed E-state index contributed by atoms with van der Waals surface area (Å²) >= 11 is 0. The van der Waals surface area contributed by atoms with Crippen LogP contribution in [0.5, 0.6) is 0 Å². The van der Waals surface area contributed by atoms with Crippen LogP contribution in [0.15, 0.2) is 24.3 Å². The Hall–Kier alpha value is -2.57. The maximum Gasteiger partial charge on any atom is 0.269 e. The van der Waals surface area contributed by atoms with Gasteiger partial charge in [0.1, 0.15) is 11.6 Å². The molecule has 1 aliphatic carbocycles. The van der Waals surface area contributed by atoms with Gasteiger partial charge in [-0.3, -0.25) is 23.9 Å². The number of benzene rings is 1. The highest BCUT2D eigenvalue weighted by Crippen LogP contribution is 2.56. The van der Waals surface area contributed by atoms with Crippen molar-refractivity contribution in [1.29, 1.82) is 0 Å². The number of carbonyl (C=O) groups is 2. The lowest BCUT2D eigenvalue weighted by atomic mass is 9.95. The number of hydrogen-bond donors (Lipinski definition) is 6. The number of amides is 2. The third kappa shape index (κ3) is 5.38.